The van der Waals surface area contributed by atoms with Crippen LogP contribution in [0.3, 0.4) is 0 Å². The normalized spacial score (nSPS) is 19.7. The van der Waals surface area contributed by atoms with E-state index >= 15 is 0 Å². The Morgan fingerprint density at radius 3 is 2.45 bits per heavy atom. The zero-order valence-corrected chi connectivity index (χ0v) is 13.6. The van der Waals surface area contributed by atoms with E-state index in [9.17, 15) is 9.90 Å². The predicted octanol–water partition coefficient (Wildman–Crippen LogP) is 2.73. The maximum atomic E-state index is 11.6. The fraction of sp³-hybridized carbons (Fsp3) is 0.938. The van der Waals surface area contributed by atoms with E-state index in [1.165, 1.54) is 25.7 Å². The van der Waals surface area contributed by atoms with Crippen LogP contribution in [0.4, 0.5) is 0 Å². The third kappa shape index (κ3) is 5.06. The van der Waals surface area contributed by atoms with Crippen LogP contribution in [0.15, 0.2) is 0 Å². The van der Waals surface area contributed by atoms with E-state index in [1.807, 2.05) is 13.8 Å². The van der Waals surface area contributed by atoms with Crippen LogP contribution in [0.1, 0.15) is 59.8 Å². The summed E-state index contributed by atoms with van der Waals surface area (Å²) in [6, 6.07) is 0.575. The summed E-state index contributed by atoms with van der Waals surface area (Å²) in [7, 11) is 0. The molecule has 1 fully saturated rings. The molecule has 1 aliphatic rings. The molecule has 0 aromatic heterocycles. The molecule has 0 amide bonds. The lowest BCUT2D eigenvalue weighted by molar-refractivity contribution is -0.145. The van der Waals surface area contributed by atoms with Crippen molar-refractivity contribution >= 4 is 5.97 Å². The van der Waals surface area contributed by atoms with Crippen LogP contribution in [0.25, 0.3) is 0 Å². The van der Waals surface area contributed by atoms with Crippen molar-refractivity contribution in [2.45, 2.75) is 71.4 Å². The molecule has 118 valence electrons. The van der Waals surface area contributed by atoms with Crippen molar-refractivity contribution in [2.24, 2.45) is 5.92 Å². The second-order valence-corrected chi connectivity index (χ2v) is 6.76. The first kappa shape index (κ1) is 17.4. The molecule has 0 saturated heterocycles. The van der Waals surface area contributed by atoms with E-state index < -0.39 is 11.5 Å². The van der Waals surface area contributed by atoms with Crippen molar-refractivity contribution in [1.82, 2.24) is 10.2 Å². The van der Waals surface area contributed by atoms with Gasteiger partial charge in [0.05, 0.1) is 0 Å². The Kier molecular flexibility index (Phi) is 6.96. The summed E-state index contributed by atoms with van der Waals surface area (Å²) in [4.78, 5) is 14.0. The summed E-state index contributed by atoms with van der Waals surface area (Å²) in [5, 5.41) is 12.7. The van der Waals surface area contributed by atoms with Crippen molar-refractivity contribution in [3.8, 4) is 0 Å². The number of carbonyl (C=O) groups is 1. The van der Waals surface area contributed by atoms with E-state index in [0.717, 1.165) is 13.0 Å². The lowest BCUT2D eigenvalue weighted by atomic mass is 9.99. The van der Waals surface area contributed by atoms with Crippen molar-refractivity contribution < 1.29 is 9.90 Å². The molecule has 0 aromatic carbocycles. The molecular formula is C16H32N2O2. The molecule has 1 rings (SSSR count). The van der Waals surface area contributed by atoms with Gasteiger partial charge in [-0.05, 0) is 45.2 Å². The minimum absolute atomic E-state index is 0.575. The average Bonchev–Trinajstić information content (AvgIpc) is 2.88. The molecule has 0 radical (unpaired) electrons. The number of hydrogen-bond acceptors (Lipinski definition) is 3. The second kappa shape index (κ2) is 7.99. The fourth-order valence-corrected chi connectivity index (χ4v) is 3.08. The third-order valence-electron chi connectivity index (χ3n) is 4.39. The van der Waals surface area contributed by atoms with Gasteiger partial charge in [0, 0.05) is 12.6 Å². The summed E-state index contributed by atoms with van der Waals surface area (Å²) in [5.41, 5.74) is -0.839. The van der Waals surface area contributed by atoms with Crippen molar-refractivity contribution in [3.05, 3.63) is 0 Å². The average molecular weight is 284 g/mol. The molecule has 1 saturated carbocycles. The molecule has 4 nitrogen and oxygen atoms in total. The number of nitrogens with one attached hydrogen (secondary N) is 1. The fourth-order valence-electron chi connectivity index (χ4n) is 3.08. The molecule has 0 spiro atoms. The Morgan fingerprint density at radius 1 is 1.40 bits per heavy atom. The maximum absolute atomic E-state index is 11.6. The number of carboxylic acid groups (broad SMARTS) is 1. The SMILES string of the molecule is CCNC(C)(CN(CCC(C)C)C1CCCC1)C(=O)O. The van der Waals surface area contributed by atoms with E-state index in [4.69, 9.17) is 0 Å². The first-order chi connectivity index (χ1) is 9.39. The standard InChI is InChI=1S/C16H32N2O2/c1-5-17-16(4,15(19)20)12-18(11-10-13(2)3)14-8-6-7-9-14/h13-14,17H,5-12H2,1-4H3,(H,19,20). The highest BCUT2D eigenvalue weighted by molar-refractivity contribution is 5.78. The quantitative estimate of drug-likeness (QED) is 0.683. The Hall–Kier alpha value is -0.610. The van der Waals surface area contributed by atoms with Crippen molar-refractivity contribution in [1.29, 1.82) is 0 Å². The zero-order chi connectivity index (χ0) is 15.2. The zero-order valence-electron chi connectivity index (χ0n) is 13.6. The van der Waals surface area contributed by atoms with Gasteiger partial charge in [-0.2, -0.15) is 0 Å². The number of nitrogens with zero attached hydrogens (tertiary/aromatic N) is 1. The van der Waals surface area contributed by atoms with Gasteiger partial charge < -0.3 is 10.4 Å². The van der Waals surface area contributed by atoms with Crippen LogP contribution in [0, 0.1) is 5.92 Å². The van der Waals surface area contributed by atoms with E-state index in [-0.39, 0.29) is 0 Å². The Bertz CT molecular complexity index is 301. The van der Waals surface area contributed by atoms with Crippen LogP contribution in [0.5, 0.6) is 0 Å². The van der Waals surface area contributed by atoms with Crippen LogP contribution in [-0.4, -0.2) is 47.2 Å². The monoisotopic (exact) mass is 284 g/mol. The summed E-state index contributed by atoms with van der Waals surface area (Å²) < 4.78 is 0. The van der Waals surface area contributed by atoms with E-state index in [1.54, 1.807) is 0 Å². The largest absolute Gasteiger partial charge is 0.480 e. The molecule has 20 heavy (non-hydrogen) atoms. The van der Waals surface area contributed by atoms with Gasteiger partial charge in [0.25, 0.3) is 0 Å². The molecule has 0 heterocycles. The number of rotatable bonds is 9. The van der Waals surface area contributed by atoms with Gasteiger partial charge in [-0.3, -0.25) is 9.69 Å². The molecule has 0 aromatic rings. The molecule has 2 N–H and O–H groups in total. The summed E-state index contributed by atoms with van der Waals surface area (Å²) in [5.74, 6) is -0.0824. The van der Waals surface area contributed by atoms with Crippen LogP contribution < -0.4 is 5.32 Å². The van der Waals surface area contributed by atoms with Crippen LogP contribution >= 0.6 is 0 Å². The molecule has 4 heteroatoms. The molecule has 1 atom stereocenters. The molecule has 1 aliphatic carbocycles. The van der Waals surface area contributed by atoms with Gasteiger partial charge in [0.1, 0.15) is 5.54 Å². The highest BCUT2D eigenvalue weighted by Gasteiger charge is 2.36. The Balaban J connectivity index is 2.72. The first-order valence-electron chi connectivity index (χ1n) is 8.11. The summed E-state index contributed by atoms with van der Waals surface area (Å²) in [6.45, 7) is 10.5. The molecular weight excluding hydrogens is 252 g/mol. The van der Waals surface area contributed by atoms with Crippen LogP contribution in [-0.2, 0) is 4.79 Å². The van der Waals surface area contributed by atoms with E-state index in [0.29, 0.717) is 25.0 Å². The van der Waals surface area contributed by atoms with Gasteiger partial charge in [-0.25, -0.2) is 0 Å². The highest BCUT2D eigenvalue weighted by atomic mass is 16.4. The van der Waals surface area contributed by atoms with Gasteiger partial charge in [-0.15, -0.1) is 0 Å². The topological polar surface area (TPSA) is 52.6 Å². The van der Waals surface area contributed by atoms with Gasteiger partial charge in [0.15, 0.2) is 0 Å². The number of likely N-dealkylation sites (N-methyl/N-ethyl adjacent to an activating group) is 1. The minimum Gasteiger partial charge on any atom is -0.480 e. The van der Waals surface area contributed by atoms with Crippen molar-refractivity contribution in [3.63, 3.8) is 0 Å². The van der Waals surface area contributed by atoms with Gasteiger partial charge in [0.2, 0.25) is 0 Å². The number of aliphatic carboxylic acids is 1. The minimum atomic E-state index is -0.839. The summed E-state index contributed by atoms with van der Waals surface area (Å²) >= 11 is 0. The van der Waals surface area contributed by atoms with Crippen molar-refractivity contribution in [2.75, 3.05) is 19.6 Å². The number of hydrogen-bond donors (Lipinski definition) is 2. The second-order valence-electron chi connectivity index (χ2n) is 6.76. The molecule has 0 aliphatic heterocycles. The number of carboxylic acids is 1. The van der Waals surface area contributed by atoms with Gasteiger partial charge >= 0.3 is 5.97 Å². The van der Waals surface area contributed by atoms with Gasteiger partial charge in [-0.1, -0.05) is 33.6 Å². The Labute approximate surface area is 123 Å². The first-order valence-corrected chi connectivity index (χ1v) is 8.11. The lowest BCUT2D eigenvalue weighted by Gasteiger charge is -2.37. The summed E-state index contributed by atoms with van der Waals surface area (Å²) in [6.07, 6.45) is 6.15. The smallest absolute Gasteiger partial charge is 0.324 e. The predicted molar refractivity (Wildman–Crippen MR) is 83.0 cm³/mol. The maximum Gasteiger partial charge on any atom is 0.324 e. The third-order valence-corrected chi connectivity index (χ3v) is 4.39. The molecule has 0 bridgehead atoms. The van der Waals surface area contributed by atoms with Crippen LogP contribution in [0.2, 0.25) is 0 Å². The lowest BCUT2D eigenvalue weighted by Crippen LogP contribution is -2.58. The molecule has 1 unspecified atom stereocenters. The Morgan fingerprint density at radius 2 is 2.00 bits per heavy atom. The highest BCUT2D eigenvalue weighted by Crippen LogP contribution is 2.25. The van der Waals surface area contributed by atoms with E-state index in [2.05, 4.69) is 24.1 Å².